The molecular weight excluding hydrogens is 258 g/mol. The third kappa shape index (κ3) is 2.07. The molecule has 0 N–H and O–H groups in total. The van der Waals surface area contributed by atoms with E-state index in [0.29, 0.717) is 23.5 Å². The highest BCUT2D eigenvalue weighted by molar-refractivity contribution is 9.10. The van der Waals surface area contributed by atoms with Crippen LogP contribution in [0, 0.1) is 0 Å². The fraction of sp³-hybridized carbons (Fsp3) is 0. The molecule has 0 spiro atoms. The number of carbonyl (C=O) groups is 1. The molecule has 4 nitrogen and oxygen atoms in total. The third-order valence-corrected chi connectivity index (χ3v) is 2.41. The first-order valence-electron chi connectivity index (χ1n) is 4.20. The molecule has 0 amide bonds. The van der Waals surface area contributed by atoms with Crippen molar-refractivity contribution in [1.82, 2.24) is 15.0 Å². The van der Waals surface area contributed by atoms with Crippen molar-refractivity contribution in [3.05, 3.63) is 40.8 Å². The van der Waals surface area contributed by atoms with E-state index < -0.39 is 0 Å². The summed E-state index contributed by atoms with van der Waals surface area (Å²) < 4.78 is 0.799. The van der Waals surface area contributed by atoms with Gasteiger partial charge in [0.25, 0.3) is 0 Å². The Morgan fingerprint density at radius 1 is 1.20 bits per heavy atom. The Labute approximate surface area is 94.5 Å². The summed E-state index contributed by atoms with van der Waals surface area (Å²) in [6, 6.07) is 5.20. The summed E-state index contributed by atoms with van der Waals surface area (Å²) in [4.78, 5) is 22.8. The highest BCUT2D eigenvalue weighted by Crippen LogP contribution is 2.21. The molecule has 0 aliphatic rings. The lowest BCUT2D eigenvalue weighted by molar-refractivity contribution is 0.111. The van der Waals surface area contributed by atoms with E-state index in [1.807, 2.05) is 6.07 Å². The highest BCUT2D eigenvalue weighted by atomic mass is 79.9. The lowest BCUT2D eigenvalue weighted by Gasteiger charge is -2.01. The predicted octanol–water partition coefficient (Wildman–Crippen LogP) is 2.11. The lowest BCUT2D eigenvalue weighted by atomic mass is 10.3. The second kappa shape index (κ2) is 4.27. The summed E-state index contributed by atoms with van der Waals surface area (Å²) in [7, 11) is 0. The van der Waals surface area contributed by atoms with Crippen LogP contribution in [0.4, 0.5) is 0 Å². The van der Waals surface area contributed by atoms with Crippen LogP contribution in [0.2, 0.25) is 0 Å². The summed E-state index contributed by atoms with van der Waals surface area (Å²) in [5.41, 5.74) is 0.971. The van der Waals surface area contributed by atoms with Crippen LogP contribution in [0.25, 0.3) is 11.5 Å². The molecule has 0 atom stereocenters. The number of aromatic nitrogens is 3. The first kappa shape index (κ1) is 9.92. The van der Waals surface area contributed by atoms with E-state index in [4.69, 9.17) is 0 Å². The van der Waals surface area contributed by atoms with Gasteiger partial charge in [0.1, 0.15) is 11.4 Å². The molecule has 2 aromatic heterocycles. The average Bonchev–Trinajstić information content (AvgIpc) is 2.30. The number of carbonyl (C=O) groups excluding carboxylic acids is 1. The number of hydrogen-bond acceptors (Lipinski definition) is 4. The first-order valence-corrected chi connectivity index (χ1v) is 4.99. The van der Waals surface area contributed by atoms with Crippen molar-refractivity contribution in [2.75, 3.05) is 0 Å². The van der Waals surface area contributed by atoms with Gasteiger partial charge >= 0.3 is 0 Å². The Morgan fingerprint density at radius 3 is 2.80 bits per heavy atom. The van der Waals surface area contributed by atoms with E-state index in [-0.39, 0.29) is 0 Å². The van der Waals surface area contributed by atoms with Crippen molar-refractivity contribution in [3.8, 4) is 11.5 Å². The summed E-state index contributed by atoms with van der Waals surface area (Å²) >= 11 is 3.35. The molecule has 0 bridgehead atoms. The maximum absolute atomic E-state index is 10.6. The van der Waals surface area contributed by atoms with E-state index in [0.717, 1.165) is 4.47 Å². The molecule has 0 fully saturated rings. The van der Waals surface area contributed by atoms with Gasteiger partial charge in [-0.15, -0.1) is 0 Å². The second-order valence-electron chi connectivity index (χ2n) is 2.76. The summed E-state index contributed by atoms with van der Waals surface area (Å²) in [5.74, 6) is 0.437. The molecule has 0 aliphatic carbocycles. The van der Waals surface area contributed by atoms with Gasteiger partial charge in [0.05, 0.1) is 0 Å². The fourth-order valence-corrected chi connectivity index (χ4v) is 1.53. The van der Waals surface area contributed by atoms with Gasteiger partial charge in [0.15, 0.2) is 12.1 Å². The van der Waals surface area contributed by atoms with Crippen LogP contribution >= 0.6 is 15.9 Å². The molecule has 0 unspecified atom stereocenters. The largest absolute Gasteiger partial charge is 0.296 e. The topological polar surface area (TPSA) is 55.7 Å². The smallest absolute Gasteiger partial charge is 0.179 e. The van der Waals surface area contributed by atoms with E-state index in [1.165, 1.54) is 6.20 Å². The Balaban J connectivity index is 2.54. The van der Waals surface area contributed by atoms with Crippen molar-refractivity contribution in [2.45, 2.75) is 0 Å². The van der Waals surface area contributed by atoms with Gasteiger partial charge in [-0.2, -0.15) is 0 Å². The zero-order valence-corrected chi connectivity index (χ0v) is 9.18. The van der Waals surface area contributed by atoms with Gasteiger partial charge in [-0.05, 0) is 34.1 Å². The SMILES string of the molecule is O=Cc1ccnc(-c2ncccc2Br)n1. The van der Waals surface area contributed by atoms with Crippen LogP contribution in [-0.2, 0) is 0 Å². The third-order valence-electron chi connectivity index (χ3n) is 1.77. The van der Waals surface area contributed by atoms with E-state index in [9.17, 15) is 4.79 Å². The van der Waals surface area contributed by atoms with Crippen molar-refractivity contribution >= 4 is 22.2 Å². The number of rotatable bonds is 2. The lowest BCUT2D eigenvalue weighted by Crippen LogP contribution is -1.95. The maximum Gasteiger partial charge on any atom is 0.179 e. The number of nitrogens with zero attached hydrogens (tertiary/aromatic N) is 3. The summed E-state index contributed by atoms with van der Waals surface area (Å²) in [6.07, 6.45) is 3.87. The quantitative estimate of drug-likeness (QED) is 0.779. The van der Waals surface area contributed by atoms with Crippen LogP contribution < -0.4 is 0 Å². The van der Waals surface area contributed by atoms with Crippen molar-refractivity contribution in [1.29, 1.82) is 0 Å². The standard InChI is InChI=1S/C10H6BrN3O/c11-8-2-1-4-12-9(8)10-13-5-3-7(6-15)14-10/h1-6H. The predicted molar refractivity (Wildman–Crippen MR) is 58.4 cm³/mol. The molecule has 2 rings (SSSR count). The molecule has 0 aliphatic heterocycles. The zero-order valence-electron chi connectivity index (χ0n) is 7.59. The molecule has 5 heteroatoms. The first-order chi connectivity index (χ1) is 7.31. The van der Waals surface area contributed by atoms with Gasteiger partial charge in [-0.1, -0.05) is 0 Å². The van der Waals surface area contributed by atoms with Gasteiger partial charge in [-0.3, -0.25) is 9.78 Å². The second-order valence-corrected chi connectivity index (χ2v) is 3.61. The number of hydrogen-bond donors (Lipinski definition) is 0. The molecule has 2 aromatic rings. The molecule has 0 saturated carbocycles. The van der Waals surface area contributed by atoms with Crippen LogP contribution in [-0.4, -0.2) is 21.2 Å². The van der Waals surface area contributed by atoms with Gasteiger partial charge in [0, 0.05) is 16.9 Å². The monoisotopic (exact) mass is 263 g/mol. The summed E-state index contributed by atoms with van der Waals surface area (Å²) in [6.45, 7) is 0. The molecule has 0 aromatic carbocycles. The average molecular weight is 264 g/mol. The highest BCUT2D eigenvalue weighted by Gasteiger charge is 2.07. The van der Waals surface area contributed by atoms with Crippen molar-refractivity contribution < 1.29 is 4.79 Å². The molecule has 0 saturated heterocycles. The maximum atomic E-state index is 10.6. The van der Waals surface area contributed by atoms with Gasteiger partial charge in [0.2, 0.25) is 0 Å². The molecule has 0 radical (unpaired) electrons. The fourth-order valence-electron chi connectivity index (χ4n) is 1.10. The Kier molecular flexibility index (Phi) is 2.82. The molecule has 2 heterocycles. The van der Waals surface area contributed by atoms with Crippen molar-refractivity contribution in [3.63, 3.8) is 0 Å². The Hall–Kier alpha value is -1.62. The molecular formula is C10H6BrN3O. The Morgan fingerprint density at radius 2 is 2.07 bits per heavy atom. The van der Waals surface area contributed by atoms with Crippen molar-refractivity contribution in [2.24, 2.45) is 0 Å². The van der Waals surface area contributed by atoms with Crippen LogP contribution in [0.3, 0.4) is 0 Å². The minimum Gasteiger partial charge on any atom is -0.296 e. The van der Waals surface area contributed by atoms with E-state index >= 15 is 0 Å². The zero-order chi connectivity index (χ0) is 10.7. The van der Waals surface area contributed by atoms with Gasteiger partial charge < -0.3 is 0 Å². The van der Waals surface area contributed by atoms with Crippen LogP contribution in [0.15, 0.2) is 35.1 Å². The van der Waals surface area contributed by atoms with E-state index in [1.54, 1.807) is 18.3 Å². The normalized spacial score (nSPS) is 9.93. The van der Waals surface area contributed by atoms with Crippen LogP contribution in [0.5, 0.6) is 0 Å². The minimum atomic E-state index is 0.345. The van der Waals surface area contributed by atoms with E-state index in [2.05, 4.69) is 30.9 Å². The number of aldehydes is 1. The Bertz CT molecular complexity index is 502. The minimum absolute atomic E-state index is 0.345. The summed E-state index contributed by atoms with van der Waals surface area (Å²) in [5, 5.41) is 0. The van der Waals surface area contributed by atoms with Gasteiger partial charge in [-0.25, -0.2) is 9.97 Å². The molecule has 74 valence electrons. The van der Waals surface area contributed by atoms with Crippen LogP contribution in [0.1, 0.15) is 10.5 Å². The number of halogens is 1. The molecule has 15 heavy (non-hydrogen) atoms. The number of pyridine rings is 1.